The first kappa shape index (κ1) is 12.4. The lowest BCUT2D eigenvalue weighted by Gasteiger charge is -2.39. The summed E-state index contributed by atoms with van der Waals surface area (Å²) in [6, 6.07) is 0.561. The van der Waals surface area contributed by atoms with E-state index in [1.165, 1.54) is 57.8 Å². The van der Waals surface area contributed by atoms with Crippen LogP contribution in [0, 0.1) is 11.8 Å². The van der Waals surface area contributed by atoms with Crippen molar-refractivity contribution in [3.63, 3.8) is 0 Å². The summed E-state index contributed by atoms with van der Waals surface area (Å²) < 4.78 is 0. The monoisotopic (exact) mass is 225 g/mol. The van der Waals surface area contributed by atoms with Crippen LogP contribution in [0.5, 0.6) is 0 Å². The third-order valence-corrected chi connectivity index (χ3v) is 4.76. The molecule has 2 nitrogen and oxygen atoms in total. The molecule has 0 bridgehead atoms. The van der Waals surface area contributed by atoms with Gasteiger partial charge in [0.15, 0.2) is 0 Å². The van der Waals surface area contributed by atoms with E-state index in [4.69, 9.17) is 0 Å². The lowest BCUT2D eigenvalue weighted by molar-refractivity contribution is 0.00505. The molecule has 0 aromatic heterocycles. The molecule has 3 unspecified atom stereocenters. The maximum absolute atomic E-state index is 10.6. The van der Waals surface area contributed by atoms with Gasteiger partial charge in [0.05, 0.1) is 6.10 Å². The molecule has 0 aliphatic heterocycles. The molecule has 0 aromatic rings. The van der Waals surface area contributed by atoms with Crippen LogP contribution in [-0.4, -0.2) is 24.3 Å². The summed E-state index contributed by atoms with van der Waals surface area (Å²) in [5, 5.41) is 14.0. The number of aliphatic hydroxyl groups is 1. The Kier molecular flexibility index (Phi) is 4.66. The molecular formula is C14H27NO. The number of hydrogen-bond acceptors (Lipinski definition) is 2. The number of rotatable bonds is 3. The second kappa shape index (κ2) is 6.02. The Labute approximate surface area is 99.8 Å². The summed E-state index contributed by atoms with van der Waals surface area (Å²) in [5.41, 5.74) is 0. The van der Waals surface area contributed by atoms with Gasteiger partial charge >= 0.3 is 0 Å². The molecule has 2 aliphatic rings. The van der Waals surface area contributed by atoms with Gasteiger partial charge in [0.2, 0.25) is 0 Å². The first-order valence-electron chi connectivity index (χ1n) is 7.18. The first-order chi connectivity index (χ1) is 7.83. The molecular weight excluding hydrogens is 198 g/mol. The predicted octanol–water partition coefficient (Wildman–Crippen LogP) is 2.71. The van der Waals surface area contributed by atoms with E-state index in [-0.39, 0.29) is 6.10 Å². The van der Waals surface area contributed by atoms with Crippen LogP contribution in [0.15, 0.2) is 0 Å². The quantitative estimate of drug-likeness (QED) is 0.774. The van der Waals surface area contributed by atoms with Gasteiger partial charge in [-0.25, -0.2) is 0 Å². The van der Waals surface area contributed by atoms with E-state index in [1.54, 1.807) is 0 Å². The normalized spacial score (nSPS) is 34.9. The SMILES string of the molecule is CNC1CCCCC1C(O)C1CCCCC1. The molecule has 3 atom stereocenters. The van der Waals surface area contributed by atoms with Crippen molar-refractivity contribution < 1.29 is 5.11 Å². The van der Waals surface area contributed by atoms with Crippen molar-refractivity contribution in [1.82, 2.24) is 5.32 Å². The van der Waals surface area contributed by atoms with Crippen LogP contribution in [-0.2, 0) is 0 Å². The molecule has 0 radical (unpaired) electrons. The average molecular weight is 225 g/mol. The second-order valence-corrected chi connectivity index (χ2v) is 5.73. The van der Waals surface area contributed by atoms with Crippen molar-refractivity contribution in [3.05, 3.63) is 0 Å². The fourth-order valence-electron chi connectivity index (χ4n) is 3.75. The maximum atomic E-state index is 10.6. The summed E-state index contributed by atoms with van der Waals surface area (Å²) in [6.07, 6.45) is 11.6. The van der Waals surface area contributed by atoms with Crippen molar-refractivity contribution in [3.8, 4) is 0 Å². The topological polar surface area (TPSA) is 32.3 Å². The van der Waals surface area contributed by atoms with Gasteiger partial charge in [-0.1, -0.05) is 32.1 Å². The van der Waals surface area contributed by atoms with E-state index in [9.17, 15) is 5.11 Å². The third kappa shape index (κ3) is 2.78. The fraction of sp³-hybridized carbons (Fsp3) is 1.00. The van der Waals surface area contributed by atoms with Crippen molar-refractivity contribution >= 4 is 0 Å². The molecule has 2 aliphatic carbocycles. The van der Waals surface area contributed by atoms with Crippen LogP contribution >= 0.6 is 0 Å². The highest BCUT2D eigenvalue weighted by atomic mass is 16.3. The average Bonchev–Trinajstić information content (AvgIpc) is 2.39. The van der Waals surface area contributed by atoms with E-state index in [0.29, 0.717) is 17.9 Å². The maximum Gasteiger partial charge on any atom is 0.0611 e. The lowest BCUT2D eigenvalue weighted by atomic mass is 9.73. The molecule has 2 N–H and O–H groups in total. The molecule has 16 heavy (non-hydrogen) atoms. The highest BCUT2D eigenvalue weighted by Crippen LogP contribution is 2.35. The predicted molar refractivity (Wildman–Crippen MR) is 67.4 cm³/mol. The van der Waals surface area contributed by atoms with Crippen molar-refractivity contribution in [2.75, 3.05) is 7.05 Å². The largest absolute Gasteiger partial charge is 0.392 e. The Morgan fingerprint density at radius 2 is 1.56 bits per heavy atom. The zero-order valence-corrected chi connectivity index (χ0v) is 10.6. The summed E-state index contributed by atoms with van der Waals surface area (Å²) in [7, 11) is 2.05. The van der Waals surface area contributed by atoms with Gasteiger partial charge < -0.3 is 10.4 Å². The molecule has 94 valence electrons. The molecule has 2 rings (SSSR count). The molecule has 0 spiro atoms. The Hall–Kier alpha value is -0.0800. The van der Waals surface area contributed by atoms with Gasteiger partial charge in [-0.15, -0.1) is 0 Å². The van der Waals surface area contributed by atoms with Gasteiger partial charge in [-0.05, 0) is 38.6 Å². The smallest absolute Gasteiger partial charge is 0.0611 e. The minimum atomic E-state index is -0.0435. The van der Waals surface area contributed by atoms with Crippen molar-refractivity contribution in [2.24, 2.45) is 11.8 Å². The summed E-state index contributed by atoms with van der Waals surface area (Å²) >= 11 is 0. The Balaban J connectivity index is 1.92. The molecule has 0 saturated heterocycles. The Morgan fingerprint density at radius 3 is 2.25 bits per heavy atom. The van der Waals surface area contributed by atoms with Crippen molar-refractivity contribution in [1.29, 1.82) is 0 Å². The number of hydrogen-bond donors (Lipinski definition) is 2. The Bertz CT molecular complexity index is 201. The van der Waals surface area contributed by atoms with Gasteiger partial charge in [-0.2, -0.15) is 0 Å². The summed E-state index contributed by atoms with van der Waals surface area (Å²) in [4.78, 5) is 0. The van der Waals surface area contributed by atoms with Gasteiger partial charge in [0, 0.05) is 12.0 Å². The second-order valence-electron chi connectivity index (χ2n) is 5.73. The molecule has 0 aromatic carbocycles. The minimum Gasteiger partial charge on any atom is -0.392 e. The zero-order chi connectivity index (χ0) is 11.4. The minimum absolute atomic E-state index is 0.0435. The van der Waals surface area contributed by atoms with Crippen LogP contribution < -0.4 is 5.32 Å². The van der Waals surface area contributed by atoms with Crippen LogP contribution in [0.25, 0.3) is 0 Å². The lowest BCUT2D eigenvalue weighted by Crippen LogP contribution is -2.45. The summed E-state index contributed by atoms with van der Waals surface area (Å²) in [6.45, 7) is 0. The molecule has 2 heteroatoms. The van der Waals surface area contributed by atoms with Crippen LogP contribution in [0.3, 0.4) is 0 Å². The fourth-order valence-corrected chi connectivity index (χ4v) is 3.75. The standard InChI is InChI=1S/C14H27NO/c1-15-13-10-6-5-9-12(13)14(16)11-7-3-2-4-8-11/h11-16H,2-10H2,1H3. The van der Waals surface area contributed by atoms with Crippen LogP contribution in [0.4, 0.5) is 0 Å². The van der Waals surface area contributed by atoms with Crippen LogP contribution in [0.2, 0.25) is 0 Å². The molecule has 0 heterocycles. The van der Waals surface area contributed by atoms with Crippen molar-refractivity contribution in [2.45, 2.75) is 69.9 Å². The highest BCUT2D eigenvalue weighted by Gasteiger charge is 2.34. The van der Waals surface area contributed by atoms with Crippen LogP contribution in [0.1, 0.15) is 57.8 Å². The first-order valence-corrected chi connectivity index (χ1v) is 7.18. The molecule has 2 saturated carbocycles. The van der Waals surface area contributed by atoms with E-state index in [2.05, 4.69) is 12.4 Å². The number of aliphatic hydroxyl groups excluding tert-OH is 1. The van der Waals surface area contributed by atoms with E-state index < -0.39 is 0 Å². The van der Waals surface area contributed by atoms with Gasteiger partial charge in [0.25, 0.3) is 0 Å². The third-order valence-electron chi connectivity index (χ3n) is 4.76. The van der Waals surface area contributed by atoms with E-state index in [0.717, 1.165) is 0 Å². The highest BCUT2D eigenvalue weighted by molar-refractivity contribution is 4.88. The van der Waals surface area contributed by atoms with Gasteiger partial charge in [-0.3, -0.25) is 0 Å². The molecule has 2 fully saturated rings. The van der Waals surface area contributed by atoms with Gasteiger partial charge in [0.1, 0.15) is 0 Å². The van der Waals surface area contributed by atoms with E-state index in [1.807, 2.05) is 0 Å². The Morgan fingerprint density at radius 1 is 0.938 bits per heavy atom. The summed E-state index contributed by atoms with van der Waals surface area (Å²) in [5.74, 6) is 1.11. The zero-order valence-electron chi connectivity index (χ0n) is 10.6. The van der Waals surface area contributed by atoms with E-state index >= 15 is 0 Å². The number of nitrogens with one attached hydrogen (secondary N) is 1. The molecule has 0 amide bonds.